The molecule has 0 N–H and O–H groups in total. The van der Waals surface area contributed by atoms with Crippen molar-refractivity contribution in [1.82, 2.24) is 0 Å². The summed E-state index contributed by atoms with van der Waals surface area (Å²) >= 11 is 0. The van der Waals surface area contributed by atoms with Crippen molar-refractivity contribution < 1.29 is 8.78 Å². The second-order valence-electron chi connectivity index (χ2n) is 4.73. The highest BCUT2D eigenvalue weighted by Crippen LogP contribution is 2.25. The first kappa shape index (κ1) is 16.0. The molecule has 0 aliphatic heterocycles. The van der Waals surface area contributed by atoms with Gasteiger partial charge in [0.05, 0.1) is 0 Å². The lowest BCUT2D eigenvalue weighted by atomic mass is 9.82. The van der Waals surface area contributed by atoms with Crippen LogP contribution in [0.5, 0.6) is 0 Å². The normalized spacial score (nSPS) is 10.9. The third-order valence-electron chi connectivity index (χ3n) is 3.44. The average molecular weight is 324 g/mol. The summed E-state index contributed by atoms with van der Waals surface area (Å²) in [6.07, 6.45) is 0. The molecule has 0 nitrogen and oxygen atoms in total. The third kappa shape index (κ3) is 2.57. The van der Waals surface area contributed by atoms with E-state index in [4.69, 9.17) is 7.85 Å². The highest BCUT2D eigenvalue weighted by Gasteiger charge is 2.17. The summed E-state index contributed by atoms with van der Waals surface area (Å²) in [4.78, 5) is 0. The number of hydrogen-bond acceptors (Lipinski definition) is 0. The minimum atomic E-state index is -0.346. The van der Waals surface area contributed by atoms with Gasteiger partial charge in [-0.15, -0.1) is 27.7 Å². The summed E-state index contributed by atoms with van der Waals surface area (Å²) in [5, 5.41) is 2.00. The molecule has 0 aliphatic carbocycles. The molecule has 2 aromatic carbocycles. The van der Waals surface area contributed by atoms with E-state index in [2.05, 4.69) is 27.7 Å². The van der Waals surface area contributed by atoms with Crippen LogP contribution in [0.4, 0.5) is 8.78 Å². The minimum absolute atomic E-state index is 0.303. The Kier molecular flexibility index (Phi) is 4.65. The van der Waals surface area contributed by atoms with Crippen LogP contribution in [-0.4, -0.2) is 7.85 Å². The van der Waals surface area contributed by atoms with Crippen molar-refractivity contribution in [2.24, 2.45) is 0 Å². The van der Waals surface area contributed by atoms with Crippen molar-refractivity contribution in [2.75, 3.05) is 0 Å². The van der Waals surface area contributed by atoms with Crippen molar-refractivity contribution in [2.45, 2.75) is 13.8 Å². The van der Waals surface area contributed by atoms with E-state index < -0.39 is 0 Å². The van der Waals surface area contributed by atoms with Gasteiger partial charge in [-0.1, -0.05) is 5.46 Å². The maximum absolute atomic E-state index is 14.0. The fraction of sp³-hybridized carbons (Fsp3) is 0.143. The van der Waals surface area contributed by atoms with E-state index in [1.165, 1.54) is 6.07 Å². The molecule has 0 spiro atoms. The van der Waals surface area contributed by atoms with Crippen LogP contribution in [0.15, 0.2) is 12.1 Å². The lowest BCUT2D eigenvalue weighted by Gasteiger charge is -2.18. The molecule has 6 heteroatoms. The zero-order chi connectivity index (χ0) is 15.2. The van der Waals surface area contributed by atoms with Crippen molar-refractivity contribution in [3.63, 3.8) is 0 Å². The van der Waals surface area contributed by atoms with Gasteiger partial charge in [-0.3, -0.25) is 0 Å². The Morgan fingerprint density at radius 2 is 1.55 bits per heavy atom. The minimum Gasteiger partial charge on any atom is -0.207 e. The Balaban J connectivity index is 2.89. The monoisotopic (exact) mass is 324 g/mol. The van der Waals surface area contributed by atoms with Gasteiger partial charge in [-0.05, 0) is 58.8 Å². The average Bonchev–Trinajstić information content (AvgIpc) is 2.40. The smallest absolute Gasteiger partial charge is 0.132 e. The van der Waals surface area contributed by atoms with Crippen LogP contribution in [0.3, 0.4) is 0 Å². The molecule has 2 rings (SSSR count). The maximum atomic E-state index is 14.0. The largest absolute Gasteiger partial charge is 0.207 e. The Morgan fingerprint density at radius 1 is 0.950 bits per heavy atom. The third-order valence-corrected chi connectivity index (χ3v) is 5.29. The van der Waals surface area contributed by atoms with Crippen LogP contribution in [0.25, 0.3) is 11.1 Å². The molecule has 0 amide bonds. The Labute approximate surface area is 126 Å². The van der Waals surface area contributed by atoms with Gasteiger partial charge in [0.15, 0.2) is 0 Å². The molecule has 0 saturated heterocycles. The second kappa shape index (κ2) is 5.80. The second-order valence-corrected chi connectivity index (χ2v) is 6.55. The molecule has 2 aromatic rings. The zero-order valence-corrected chi connectivity index (χ0v) is 14.7. The molecule has 3 unspecified atom stereocenters. The summed E-state index contributed by atoms with van der Waals surface area (Å²) in [6.45, 7) is 3.32. The number of halogens is 2. The number of benzene rings is 2. The number of hydrogen-bond donors (Lipinski definition) is 0. The van der Waals surface area contributed by atoms with E-state index in [-0.39, 0.29) is 11.6 Å². The molecule has 0 bridgehead atoms. The summed E-state index contributed by atoms with van der Waals surface area (Å²) in [5.74, 6) is -0.649. The van der Waals surface area contributed by atoms with Gasteiger partial charge in [-0.25, -0.2) is 8.78 Å². The van der Waals surface area contributed by atoms with E-state index in [0.29, 0.717) is 33.0 Å². The lowest BCUT2D eigenvalue weighted by Crippen LogP contribution is -2.24. The van der Waals surface area contributed by atoms with E-state index in [9.17, 15) is 8.78 Å². The predicted octanol–water partition coefficient (Wildman–Crippen LogP) is 1.54. The van der Waals surface area contributed by atoms with Gasteiger partial charge in [-0.2, -0.15) is 0 Å². The van der Waals surface area contributed by atoms with Gasteiger partial charge >= 0.3 is 0 Å². The Hall–Kier alpha value is -0.345. The van der Waals surface area contributed by atoms with Gasteiger partial charge in [0, 0.05) is 5.30 Å². The number of rotatable bonds is 1. The highest BCUT2D eigenvalue weighted by atomic mass is 31.0. The molecule has 20 heavy (non-hydrogen) atoms. The van der Waals surface area contributed by atoms with Crippen molar-refractivity contribution in [3.05, 3.63) is 34.9 Å². The first-order chi connectivity index (χ1) is 9.25. The maximum Gasteiger partial charge on any atom is 0.132 e. The fourth-order valence-corrected chi connectivity index (χ4v) is 3.30. The fourth-order valence-electron chi connectivity index (χ4n) is 2.18. The summed E-state index contributed by atoms with van der Waals surface area (Å²) in [5.41, 5.74) is 2.58. The molecule has 2 radical (unpaired) electrons. The SMILES string of the molecule is [B]c1c(-c2c(C)c(F)cc(P)c2P)cc(P)c(F)c1C. The first-order valence-electron chi connectivity index (χ1n) is 5.94. The molecular weight excluding hydrogens is 310 g/mol. The molecule has 102 valence electrons. The standard InChI is InChI=1S/C14H14BF2P3/c1-5-8(16)4-10(19)14(20)11(5)7-3-9(18)13(17)6(2)12(7)15/h3-4H,18-20H2,1-2H3. The van der Waals surface area contributed by atoms with Gasteiger partial charge in [0.1, 0.15) is 19.5 Å². The van der Waals surface area contributed by atoms with Crippen molar-refractivity contribution >= 4 is 56.9 Å². The van der Waals surface area contributed by atoms with E-state index in [0.717, 1.165) is 10.6 Å². The lowest BCUT2D eigenvalue weighted by molar-refractivity contribution is 0.620. The zero-order valence-electron chi connectivity index (χ0n) is 11.2. The van der Waals surface area contributed by atoms with Crippen LogP contribution in [0.2, 0.25) is 0 Å². The quantitative estimate of drug-likeness (QED) is 0.552. The van der Waals surface area contributed by atoms with Crippen LogP contribution >= 0.6 is 27.7 Å². The Morgan fingerprint density at radius 3 is 2.15 bits per heavy atom. The van der Waals surface area contributed by atoms with Crippen molar-refractivity contribution in [3.8, 4) is 11.1 Å². The molecule has 0 heterocycles. The Bertz CT molecular complexity index is 688. The summed E-state index contributed by atoms with van der Waals surface area (Å²) < 4.78 is 27.8. The first-order valence-corrected chi connectivity index (χ1v) is 7.67. The molecular formula is C14H14BF2P3. The molecule has 0 aromatic heterocycles. The van der Waals surface area contributed by atoms with Crippen molar-refractivity contribution in [1.29, 1.82) is 0 Å². The predicted molar refractivity (Wildman–Crippen MR) is 94.7 cm³/mol. The molecule has 0 saturated carbocycles. The van der Waals surface area contributed by atoms with Crippen LogP contribution in [-0.2, 0) is 0 Å². The van der Waals surface area contributed by atoms with Gasteiger partial charge in [0.2, 0.25) is 0 Å². The highest BCUT2D eigenvalue weighted by molar-refractivity contribution is 7.36. The topological polar surface area (TPSA) is 0 Å². The summed E-state index contributed by atoms with van der Waals surface area (Å²) in [6, 6.07) is 3.10. The van der Waals surface area contributed by atoms with E-state index in [1.807, 2.05) is 0 Å². The van der Waals surface area contributed by atoms with Gasteiger partial charge in [0.25, 0.3) is 0 Å². The van der Waals surface area contributed by atoms with Crippen LogP contribution < -0.4 is 21.4 Å². The van der Waals surface area contributed by atoms with Gasteiger partial charge < -0.3 is 0 Å². The molecule has 3 atom stereocenters. The van der Waals surface area contributed by atoms with Crippen LogP contribution in [0.1, 0.15) is 11.1 Å². The van der Waals surface area contributed by atoms with E-state index in [1.54, 1.807) is 19.9 Å². The van der Waals surface area contributed by atoms with E-state index >= 15 is 0 Å². The summed E-state index contributed by atoms with van der Waals surface area (Å²) in [7, 11) is 13.5. The molecule has 0 fully saturated rings. The molecule has 0 aliphatic rings. The van der Waals surface area contributed by atoms with Crippen LogP contribution in [0, 0.1) is 25.5 Å².